The van der Waals surface area contributed by atoms with Gasteiger partial charge in [0.15, 0.2) is 5.58 Å². The van der Waals surface area contributed by atoms with Gasteiger partial charge >= 0.3 is 0 Å². The molecular weight excluding hydrogens is 572 g/mol. The summed E-state index contributed by atoms with van der Waals surface area (Å²) >= 11 is 0. The molecule has 0 saturated carbocycles. The third kappa shape index (κ3) is 4.60. The molecule has 0 radical (unpaired) electrons. The van der Waals surface area contributed by atoms with Crippen molar-refractivity contribution in [3.05, 3.63) is 182 Å². The average molecular weight is 603 g/mol. The zero-order valence-corrected chi connectivity index (χ0v) is 25.6. The molecule has 0 N–H and O–H groups in total. The Morgan fingerprint density at radius 3 is 1.62 bits per heavy atom. The van der Waals surface area contributed by atoms with Crippen LogP contribution in [-0.2, 0) is 0 Å². The van der Waals surface area contributed by atoms with Crippen LogP contribution in [0, 0.1) is 0 Å². The van der Waals surface area contributed by atoms with E-state index in [9.17, 15) is 0 Å². The zero-order chi connectivity index (χ0) is 31.2. The Bertz CT molecular complexity index is 2480. The molecule has 0 bridgehead atoms. The minimum atomic E-state index is 0.900. The molecule has 0 spiro atoms. The molecule has 47 heavy (non-hydrogen) atoms. The average Bonchev–Trinajstić information content (AvgIpc) is 3.69. The summed E-state index contributed by atoms with van der Waals surface area (Å²) in [5.74, 6) is 0. The van der Waals surface area contributed by atoms with Crippen LogP contribution in [0.1, 0.15) is 0 Å². The minimum absolute atomic E-state index is 0.900. The van der Waals surface area contributed by atoms with Crippen molar-refractivity contribution in [2.24, 2.45) is 0 Å². The lowest BCUT2D eigenvalue weighted by Gasteiger charge is -2.26. The lowest BCUT2D eigenvalue weighted by molar-refractivity contribution is 0.674. The quantitative estimate of drug-likeness (QED) is 0.189. The van der Waals surface area contributed by atoms with E-state index in [2.05, 4.69) is 191 Å². The van der Waals surface area contributed by atoms with E-state index >= 15 is 0 Å². The predicted octanol–water partition coefficient (Wildman–Crippen LogP) is 12.3. The topological polar surface area (TPSA) is 21.3 Å². The summed E-state index contributed by atoms with van der Waals surface area (Å²) < 4.78 is 9.11. The second-order valence-corrected chi connectivity index (χ2v) is 11.8. The fourth-order valence-electron chi connectivity index (χ4n) is 6.81. The molecule has 7 aromatic carbocycles. The van der Waals surface area contributed by atoms with Crippen LogP contribution in [-0.4, -0.2) is 4.57 Å². The summed E-state index contributed by atoms with van der Waals surface area (Å²) in [5.41, 5.74) is 13.1. The number of benzene rings is 7. The van der Waals surface area contributed by atoms with Crippen LogP contribution >= 0.6 is 0 Å². The highest BCUT2D eigenvalue weighted by atomic mass is 16.3. The number of aromatic nitrogens is 1. The van der Waals surface area contributed by atoms with Crippen LogP contribution < -0.4 is 4.90 Å². The molecule has 3 nitrogen and oxygen atoms in total. The molecule has 9 rings (SSSR count). The van der Waals surface area contributed by atoms with E-state index in [0.717, 1.165) is 66.8 Å². The molecule has 0 atom stereocenters. The second-order valence-electron chi connectivity index (χ2n) is 11.8. The summed E-state index contributed by atoms with van der Waals surface area (Å²) in [6, 6.07) is 64.1. The third-order valence-electron chi connectivity index (χ3n) is 9.00. The minimum Gasteiger partial charge on any atom is -0.453 e. The highest BCUT2D eigenvalue weighted by molar-refractivity contribution is 6.18. The standard InChI is InChI=1S/C44H30N2O/c1-4-13-31(14-5-1)32-23-27-36(28-24-32)45(34-15-6-2-7-16-34)37-29-25-33(26-30-37)38-20-12-21-40-42-44(47-43(38)40)39-19-10-11-22-41(39)46(42)35-17-8-3-9-18-35/h1-30H. The number of anilines is 3. The van der Waals surface area contributed by atoms with Gasteiger partial charge in [-0.15, -0.1) is 0 Å². The van der Waals surface area contributed by atoms with Crippen LogP contribution in [0.2, 0.25) is 0 Å². The molecule has 0 aliphatic rings. The molecule has 0 aliphatic heterocycles. The Balaban J connectivity index is 1.15. The fourth-order valence-corrected chi connectivity index (χ4v) is 6.81. The normalized spacial score (nSPS) is 11.4. The van der Waals surface area contributed by atoms with Gasteiger partial charge in [0.25, 0.3) is 0 Å². The van der Waals surface area contributed by atoms with Crippen LogP contribution in [0.4, 0.5) is 17.1 Å². The maximum Gasteiger partial charge on any atom is 0.161 e. The zero-order valence-electron chi connectivity index (χ0n) is 25.6. The molecule has 2 heterocycles. The van der Waals surface area contributed by atoms with Crippen molar-refractivity contribution < 1.29 is 4.42 Å². The van der Waals surface area contributed by atoms with Crippen molar-refractivity contribution in [1.82, 2.24) is 4.57 Å². The van der Waals surface area contributed by atoms with Crippen molar-refractivity contribution in [2.45, 2.75) is 0 Å². The number of rotatable bonds is 6. The Hall–Kier alpha value is -6.32. The van der Waals surface area contributed by atoms with Gasteiger partial charge in [-0.25, -0.2) is 0 Å². The van der Waals surface area contributed by atoms with Crippen LogP contribution in [0.5, 0.6) is 0 Å². The Morgan fingerprint density at radius 2 is 0.915 bits per heavy atom. The van der Waals surface area contributed by atoms with E-state index in [0.29, 0.717) is 0 Å². The summed E-state index contributed by atoms with van der Waals surface area (Å²) in [6.07, 6.45) is 0. The smallest absolute Gasteiger partial charge is 0.161 e. The van der Waals surface area contributed by atoms with Crippen molar-refractivity contribution in [1.29, 1.82) is 0 Å². The summed E-state index contributed by atoms with van der Waals surface area (Å²) in [6.45, 7) is 0. The molecule has 0 aliphatic carbocycles. The van der Waals surface area contributed by atoms with Crippen LogP contribution in [0.25, 0.3) is 60.9 Å². The molecule has 9 aromatic rings. The Labute approximate surface area is 273 Å². The van der Waals surface area contributed by atoms with Crippen molar-refractivity contribution in [3.8, 4) is 27.9 Å². The second kappa shape index (κ2) is 11.2. The van der Waals surface area contributed by atoms with E-state index in [4.69, 9.17) is 4.42 Å². The number of hydrogen-bond acceptors (Lipinski definition) is 2. The lowest BCUT2D eigenvalue weighted by atomic mass is 10.0. The first kappa shape index (κ1) is 27.0. The predicted molar refractivity (Wildman–Crippen MR) is 196 cm³/mol. The molecule has 0 saturated heterocycles. The van der Waals surface area contributed by atoms with E-state index < -0.39 is 0 Å². The van der Waals surface area contributed by atoms with Crippen LogP contribution in [0.3, 0.4) is 0 Å². The van der Waals surface area contributed by atoms with Crippen LogP contribution in [0.15, 0.2) is 186 Å². The third-order valence-corrected chi connectivity index (χ3v) is 9.00. The largest absolute Gasteiger partial charge is 0.453 e. The monoisotopic (exact) mass is 602 g/mol. The van der Waals surface area contributed by atoms with Gasteiger partial charge in [-0.2, -0.15) is 0 Å². The highest BCUT2D eigenvalue weighted by Crippen LogP contribution is 2.43. The van der Waals surface area contributed by atoms with Crippen molar-refractivity contribution >= 4 is 50.0 Å². The Kier molecular flexibility index (Phi) is 6.46. The number of para-hydroxylation sites is 4. The van der Waals surface area contributed by atoms with E-state index in [1.807, 2.05) is 0 Å². The molecule has 2 aromatic heterocycles. The number of nitrogens with zero attached hydrogens (tertiary/aromatic N) is 2. The molecule has 0 fully saturated rings. The Morgan fingerprint density at radius 1 is 0.383 bits per heavy atom. The maximum absolute atomic E-state index is 6.79. The molecule has 0 amide bonds. The van der Waals surface area contributed by atoms with Gasteiger partial charge < -0.3 is 13.9 Å². The molecule has 0 unspecified atom stereocenters. The maximum atomic E-state index is 6.79. The van der Waals surface area contributed by atoms with Gasteiger partial charge in [0.05, 0.1) is 5.52 Å². The van der Waals surface area contributed by atoms with Gasteiger partial charge in [-0.1, -0.05) is 115 Å². The number of furan rings is 1. The van der Waals surface area contributed by atoms with Gasteiger partial charge in [-0.05, 0) is 83.4 Å². The highest BCUT2D eigenvalue weighted by Gasteiger charge is 2.21. The molecule has 222 valence electrons. The fraction of sp³-hybridized carbons (Fsp3) is 0. The van der Waals surface area contributed by atoms with Gasteiger partial charge in [0.1, 0.15) is 11.1 Å². The van der Waals surface area contributed by atoms with E-state index in [-0.39, 0.29) is 0 Å². The summed E-state index contributed by atoms with van der Waals surface area (Å²) in [4.78, 5) is 2.30. The van der Waals surface area contributed by atoms with E-state index in [1.54, 1.807) is 0 Å². The summed E-state index contributed by atoms with van der Waals surface area (Å²) in [5, 5.41) is 2.21. The number of hydrogen-bond donors (Lipinski definition) is 0. The van der Waals surface area contributed by atoms with Crippen molar-refractivity contribution in [2.75, 3.05) is 4.90 Å². The first-order valence-corrected chi connectivity index (χ1v) is 15.9. The lowest BCUT2D eigenvalue weighted by Crippen LogP contribution is -2.09. The first-order chi connectivity index (χ1) is 23.3. The molecular formula is C44H30N2O. The van der Waals surface area contributed by atoms with Crippen molar-refractivity contribution in [3.63, 3.8) is 0 Å². The van der Waals surface area contributed by atoms with Gasteiger partial charge in [-0.3, -0.25) is 0 Å². The number of fused-ring (bicyclic) bond motifs is 5. The van der Waals surface area contributed by atoms with Gasteiger partial charge in [0.2, 0.25) is 0 Å². The molecule has 3 heteroatoms. The van der Waals surface area contributed by atoms with Gasteiger partial charge in [0, 0.05) is 39.1 Å². The van der Waals surface area contributed by atoms with E-state index in [1.165, 1.54) is 11.1 Å². The SMILES string of the molecule is c1ccc(-c2ccc(N(c3ccccc3)c3ccc(-c4cccc5c4oc4c6ccccc6n(-c6ccccc6)c54)cc3)cc2)cc1. The summed E-state index contributed by atoms with van der Waals surface area (Å²) in [7, 11) is 0. The first-order valence-electron chi connectivity index (χ1n) is 15.9.